The summed E-state index contributed by atoms with van der Waals surface area (Å²) in [6.45, 7) is 5.62. The Morgan fingerprint density at radius 2 is 2.15 bits per heavy atom. The molecular weight excluding hydrogens is 186 g/mol. The first-order valence-corrected chi connectivity index (χ1v) is 6.28. The van der Waals surface area contributed by atoms with E-state index < -0.39 is 10.8 Å². The Kier molecular flexibility index (Phi) is 7.51. The van der Waals surface area contributed by atoms with Gasteiger partial charge in [0.25, 0.3) is 0 Å². The fraction of sp³-hybridized carbons (Fsp3) is 1.00. The number of methoxy groups -OCH3 is 1. The fourth-order valence-corrected chi connectivity index (χ4v) is 1.30. The molecule has 0 saturated heterocycles. The number of ether oxygens (including phenoxy) is 1. The third-order valence-electron chi connectivity index (χ3n) is 2.12. The SMILES string of the molecule is CCC(COC)NCC(C)S(C)=O. The van der Waals surface area contributed by atoms with Crippen LogP contribution in [0.5, 0.6) is 0 Å². The Bertz CT molecular complexity index is 153. The molecule has 0 bridgehead atoms. The second-order valence-corrected chi connectivity index (χ2v) is 5.08. The Balaban J connectivity index is 3.64. The Hall–Kier alpha value is 0.0700. The third-order valence-corrected chi connectivity index (χ3v) is 3.42. The van der Waals surface area contributed by atoms with Gasteiger partial charge in [0, 0.05) is 42.0 Å². The maximum atomic E-state index is 11.0. The van der Waals surface area contributed by atoms with Crippen LogP contribution in [0.25, 0.3) is 0 Å². The maximum Gasteiger partial charge on any atom is 0.0615 e. The van der Waals surface area contributed by atoms with Gasteiger partial charge in [-0.05, 0) is 13.3 Å². The van der Waals surface area contributed by atoms with E-state index in [4.69, 9.17) is 4.74 Å². The summed E-state index contributed by atoms with van der Waals surface area (Å²) < 4.78 is 16.1. The quantitative estimate of drug-likeness (QED) is 0.670. The molecule has 0 aromatic heterocycles. The number of hydrogen-bond acceptors (Lipinski definition) is 3. The van der Waals surface area contributed by atoms with Crippen LogP contribution >= 0.6 is 0 Å². The molecule has 3 unspecified atom stereocenters. The molecule has 80 valence electrons. The molecule has 0 spiro atoms. The van der Waals surface area contributed by atoms with E-state index in [9.17, 15) is 4.21 Å². The highest BCUT2D eigenvalue weighted by atomic mass is 32.2. The molecule has 0 heterocycles. The first kappa shape index (κ1) is 13.1. The average molecular weight is 207 g/mol. The zero-order valence-corrected chi connectivity index (χ0v) is 9.82. The summed E-state index contributed by atoms with van der Waals surface area (Å²) in [6.07, 6.45) is 2.78. The summed E-state index contributed by atoms with van der Waals surface area (Å²) in [4.78, 5) is 0. The van der Waals surface area contributed by atoms with Gasteiger partial charge in [-0.1, -0.05) is 6.92 Å². The lowest BCUT2D eigenvalue weighted by atomic mass is 10.2. The molecule has 0 aromatic carbocycles. The predicted octanol–water partition coefficient (Wildman–Crippen LogP) is 0.768. The van der Waals surface area contributed by atoms with Crippen LogP contribution in [0.3, 0.4) is 0 Å². The van der Waals surface area contributed by atoms with Crippen molar-refractivity contribution in [2.75, 3.05) is 26.5 Å². The molecule has 0 rings (SSSR count). The van der Waals surface area contributed by atoms with Crippen molar-refractivity contribution >= 4 is 10.8 Å². The summed E-state index contributed by atoms with van der Waals surface area (Å²) in [5.74, 6) is 0. The summed E-state index contributed by atoms with van der Waals surface area (Å²) in [7, 11) is 0.964. The summed E-state index contributed by atoms with van der Waals surface area (Å²) >= 11 is 0. The van der Waals surface area contributed by atoms with E-state index in [-0.39, 0.29) is 5.25 Å². The van der Waals surface area contributed by atoms with Gasteiger partial charge in [0.15, 0.2) is 0 Å². The van der Waals surface area contributed by atoms with Gasteiger partial charge in [-0.3, -0.25) is 4.21 Å². The maximum absolute atomic E-state index is 11.0. The van der Waals surface area contributed by atoms with Gasteiger partial charge in [-0.2, -0.15) is 0 Å². The molecule has 0 aliphatic rings. The van der Waals surface area contributed by atoms with Crippen LogP contribution in [-0.4, -0.2) is 42.0 Å². The van der Waals surface area contributed by atoms with Crippen molar-refractivity contribution in [2.45, 2.75) is 31.6 Å². The van der Waals surface area contributed by atoms with Crippen molar-refractivity contribution in [2.24, 2.45) is 0 Å². The van der Waals surface area contributed by atoms with Crippen LogP contribution in [0.1, 0.15) is 20.3 Å². The van der Waals surface area contributed by atoms with Crippen molar-refractivity contribution in [1.82, 2.24) is 5.32 Å². The average Bonchev–Trinajstić information content (AvgIpc) is 2.11. The number of rotatable bonds is 7. The first-order chi connectivity index (χ1) is 6.11. The van der Waals surface area contributed by atoms with Gasteiger partial charge >= 0.3 is 0 Å². The predicted molar refractivity (Wildman–Crippen MR) is 57.5 cm³/mol. The largest absolute Gasteiger partial charge is 0.383 e. The van der Waals surface area contributed by atoms with E-state index in [1.54, 1.807) is 13.4 Å². The van der Waals surface area contributed by atoms with Crippen molar-refractivity contribution in [1.29, 1.82) is 0 Å². The molecule has 0 aliphatic carbocycles. The second kappa shape index (κ2) is 7.47. The zero-order valence-electron chi connectivity index (χ0n) is 9.00. The molecule has 13 heavy (non-hydrogen) atoms. The van der Waals surface area contributed by atoms with E-state index in [2.05, 4.69) is 12.2 Å². The fourth-order valence-electron chi connectivity index (χ4n) is 0.972. The topological polar surface area (TPSA) is 38.3 Å². The minimum atomic E-state index is -0.736. The smallest absolute Gasteiger partial charge is 0.0615 e. The van der Waals surface area contributed by atoms with Crippen LogP contribution in [0.2, 0.25) is 0 Å². The van der Waals surface area contributed by atoms with E-state index in [0.717, 1.165) is 19.6 Å². The first-order valence-electron chi connectivity index (χ1n) is 4.66. The highest BCUT2D eigenvalue weighted by Crippen LogP contribution is 1.95. The highest BCUT2D eigenvalue weighted by Gasteiger charge is 2.09. The molecule has 0 fully saturated rings. The van der Waals surface area contributed by atoms with Crippen molar-refractivity contribution in [3.05, 3.63) is 0 Å². The van der Waals surface area contributed by atoms with Gasteiger partial charge in [0.1, 0.15) is 0 Å². The van der Waals surface area contributed by atoms with E-state index in [1.165, 1.54) is 0 Å². The minimum absolute atomic E-state index is 0.214. The lowest BCUT2D eigenvalue weighted by molar-refractivity contribution is 0.165. The Morgan fingerprint density at radius 1 is 1.54 bits per heavy atom. The molecule has 3 nitrogen and oxygen atoms in total. The molecule has 0 aromatic rings. The van der Waals surface area contributed by atoms with Crippen molar-refractivity contribution in [3.63, 3.8) is 0 Å². The number of nitrogens with one attached hydrogen (secondary N) is 1. The van der Waals surface area contributed by atoms with Crippen LogP contribution in [0.15, 0.2) is 0 Å². The zero-order chi connectivity index (χ0) is 10.3. The Morgan fingerprint density at radius 3 is 2.54 bits per heavy atom. The Labute approximate surface area is 83.7 Å². The molecule has 3 atom stereocenters. The van der Waals surface area contributed by atoms with E-state index in [1.807, 2.05) is 6.92 Å². The second-order valence-electron chi connectivity index (χ2n) is 3.28. The molecule has 4 heteroatoms. The molecular formula is C9H21NO2S. The molecule has 0 amide bonds. The van der Waals surface area contributed by atoms with Gasteiger partial charge in [0.2, 0.25) is 0 Å². The summed E-state index contributed by atoms with van der Waals surface area (Å²) in [6, 6.07) is 0.385. The number of hydrogen-bond donors (Lipinski definition) is 1. The minimum Gasteiger partial charge on any atom is -0.383 e. The van der Waals surface area contributed by atoms with Gasteiger partial charge in [0.05, 0.1) is 6.61 Å². The van der Waals surface area contributed by atoms with Crippen LogP contribution in [0, 0.1) is 0 Å². The molecule has 0 saturated carbocycles. The van der Waals surface area contributed by atoms with Crippen molar-refractivity contribution < 1.29 is 8.95 Å². The lowest BCUT2D eigenvalue weighted by Gasteiger charge is -2.18. The van der Waals surface area contributed by atoms with Crippen molar-refractivity contribution in [3.8, 4) is 0 Å². The van der Waals surface area contributed by atoms with Crippen LogP contribution in [-0.2, 0) is 15.5 Å². The third kappa shape index (κ3) is 6.18. The molecule has 0 aliphatic heterocycles. The molecule has 0 radical (unpaired) electrons. The van der Waals surface area contributed by atoms with E-state index >= 15 is 0 Å². The van der Waals surface area contributed by atoms with E-state index in [0.29, 0.717) is 6.04 Å². The van der Waals surface area contributed by atoms with Crippen LogP contribution < -0.4 is 5.32 Å². The molecule has 1 N–H and O–H groups in total. The van der Waals surface area contributed by atoms with Gasteiger partial charge in [-0.15, -0.1) is 0 Å². The van der Waals surface area contributed by atoms with Gasteiger partial charge < -0.3 is 10.1 Å². The normalized spacial score (nSPS) is 18.2. The highest BCUT2D eigenvalue weighted by molar-refractivity contribution is 7.84. The van der Waals surface area contributed by atoms with Crippen LogP contribution in [0.4, 0.5) is 0 Å². The van der Waals surface area contributed by atoms with Gasteiger partial charge in [-0.25, -0.2) is 0 Å². The monoisotopic (exact) mass is 207 g/mol. The summed E-state index contributed by atoms with van der Waals surface area (Å²) in [5, 5.41) is 3.55. The lowest BCUT2D eigenvalue weighted by Crippen LogP contribution is -2.38. The standard InChI is InChI=1S/C9H21NO2S/c1-5-9(7-12-3)10-6-8(2)13(4)11/h8-10H,5-7H2,1-4H3. The summed E-state index contributed by atoms with van der Waals surface area (Å²) in [5.41, 5.74) is 0.